The van der Waals surface area contributed by atoms with Crippen molar-refractivity contribution in [3.63, 3.8) is 0 Å². The van der Waals surface area contributed by atoms with Crippen LogP contribution in [-0.4, -0.2) is 6.03 Å². The number of benzene rings is 1. The lowest BCUT2D eigenvalue weighted by atomic mass is 10.2. The predicted octanol–water partition coefficient (Wildman–Crippen LogP) is 2.39. The molecule has 0 aromatic heterocycles. The molecule has 1 rings (SSSR count). The fraction of sp³-hybridized carbons (Fsp3) is 0.125. The van der Waals surface area contributed by atoms with E-state index in [1.54, 1.807) is 13.0 Å². The summed E-state index contributed by atoms with van der Waals surface area (Å²) in [5, 5.41) is 2.32. The van der Waals surface area contributed by atoms with E-state index in [4.69, 9.17) is 5.73 Å². The minimum Gasteiger partial charge on any atom is -0.351 e. The highest BCUT2D eigenvalue weighted by molar-refractivity contribution is 9.10. The molecule has 70 valence electrons. The van der Waals surface area contributed by atoms with Crippen LogP contribution in [0.25, 0.3) is 0 Å². The van der Waals surface area contributed by atoms with Crippen molar-refractivity contribution in [2.24, 2.45) is 5.73 Å². The van der Waals surface area contributed by atoms with Crippen molar-refractivity contribution < 1.29 is 9.18 Å². The molecule has 0 bridgehead atoms. The van der Waals surface area contributed by atoms with E-state index in [-0.39, 0.29) is 0 Å². The van der Waals surface area contributed by atoms with Gasteiger partial charge in [-0.1, -0.05) is 0 Å². The summed E-state index contributed by atoms with van der Waals surface area (Å²) in [4.78, 5) is 10.5. The van der Waals surface area contributed by atoms with E-state index >= 15 is 0 Å². The highest BCUT2D eigenvalue weighted by Gasteiger charge is 2.05. The zero-order valence-electron chi connectivity index (χ0n) is 6.90. The summed E-state index contributed by atoms with van der Waals surface area (Å²) in [6.07, 6.45) is 0. The number of primary amides is 1. The summed E-state index contributed by atoms with van der Waals surface area (Å²) in [6, 6.07) is 2.08. The maximum absolute atomic E-state index is 13.0. The summed E-state index contributed by atoms with van der Waals surface area (Å²) in [6.45, 7) is 1.75. The number of rotatable bonds is 1. The van der Waals surface area contributed by atoms with Gasteiger partial charge in [0.15, 0.2) is 0 Å². The topological polar surface area (TPSA) is 55.1 Å². The molecule has 1 aromatic carbocycles. The Morgan fingerprint density at radius 2 is 2.23 bits per heavy atom. The van der Waals surface area contributed by atoms with E-state index in [1.165, 1.54) is 6.07 Å². The van der Waals surface area contributed by atoms with Gasteiger partial charge in [-0.05, 0) is 40.5 Å². The molecule has 0 fully saturated rings. The van der Waals surface area contributed by atoms with Gasteiger partial charge in [-0.2, -0.15) is 0 Å². The monoisotopic (exact) mass is 246 g/mol. The van der Waals surface area contributed by atoms with Crippen molar-refractivity contribution in [3.8, 4) is 0 Å². The van der Waals surface area contributed by atoms with Crippen LogP contribution in [0.3, 0.4) is 0 Å². The van der Waals surface area contributed by atoms with Crippen LogP contribution in [0.4, 0.5) is 14.9 Å². The Labute approximate surface area is 83.2 Å². The maximum Gasteiger partial charge on any atom is 0.316 e. The van der Waals surface area contributed by atoms with Gasteiger partial charge in [-0.15, -0.1) is 0 Å². The third kappa shape index (κ3) is 2.42. The number of nitrogens with one attached hydrogen (secondary N) is 1. The fourth-order valence-corrected chi connectivity index (χ4v) is 1.37. The predicted molar refractivity (Wildman–Crippen MR) is 52.0 cm³/mol. The third-order valence-electron chi connectivity index (χ3n) is 1.53. The summed E-state index contributed by atoms with van der Waals surface area (Å²) < 4.78 is 13.3. The Morgan fingerprint density at radius 3 is 2.77 bits per heavy atom. The molecule has 0 aliphatic heterocycles. The number of aryl methyl sites for hydroxylation is 1. The average molecular weight is 247 g/mol. The molecule has 5 heteroatoms. The van der Waals surface area contributed by atoms with Gasteiger partial charge < -0.3 is 11.1 Å². The SMILES string of the molecule is Cc1cc(Br)c(F)cc1NC(N)=O. The van der Waals surface area contributed by atoms with Crippen LogP contribution >= 0.6 is 15.9 Å². The first-order valence-corrected chi connectivity index (χ1v) is 4.32. The maximum atomic E-state index is 13.0. The average Bonchev–Trinajstić information content (AvgIpc) is 1.99. The smallest absolute Gasteiger partial charge is 0.316 e. The van der Waals surface area contributed by atoms with E-state index in [9.17, 15) is 9.18 Å². The highest BCUT2D eigenvalue weighted by Crippen LogP contribution is 2.23. The second kappa shape index (κ2) is 3.74. The molecular weight excluding hydrogens is 239 g/mol. The fourth-order valence-electron chi connectivity index (χ4n) is 0.914. The molecule has 0 saturated carbocycles. The van der Waals surface area contributed by atoms with Crippen molar-refractivity contribution in [1.29, 1.82) is 0 Å². The van der Waals surface area contributed by atoms with Gasteiger partial charge in [-0.25, -0.2) is 9.18 Å². The van der Waals surface area contributed by atoms with Gasteiger partial charge in [0.2, 0.25) is 0 Å². The minimum atomic E-state index is -0.704. The Morgan fingerprint density at radius 1 is 1.62 bits per heavy atom. The van der Waals surface area contributed by atoms with E-state index in [2.05, 4.69) is 21.2 Å². The zero-order valence-corrected chi connectivity index (χ0v) is 8.48. The molecular formula is C8H8BrFN2O. The number of carbonyl (C=O) groups is 1. The van der Waals surface area contributed by atoms with Gasteiger partial charge in [0, 0.05) is 5.69 Å². The highest BCUT2D eigenvalue weighted by atomic mass is 79.9. The molecule has 13 heavy (non-hydrogen) atoms. The van der Waals surface area contributed by atoms with Gasteiger partial charge in [0.1, 0.15) is 5.82 Å². The second-order valence-corrected chi connectivity index (χ2v) is 3.42. The first-order chi connectivity index (χ1) is 6.00. The van der Waals surface area contributed by atoms with E-state index in [1.807, 2.05) is 0 Å². The van der Waals surface area contributed by atoms with Crippen LogP contribution in [0, 0.1) is 12.7 Å². The van der Waals surface area contributed by atoms with Crippen LogP contribution < -0.4 is 11.1 Å². The van der Waals surface area contributed by atoms with E-state index in [0.717, 1.165) is 5.56 Å². The number of hydrogen-bond donors (Lipinski definition) is 2. The van der Waals surface area contributed by atoms with Crippen LogP contribution in [-0.2, 0) is 0 Å². The molecule has 2 amide bonds. The van der Waals surface area contributed by atoms with Gasteiger partial charge >= 0.3 is 6.03 Å². The lowest BCUT2D eigenvalue weighted by Crippen LogP contribution is -2.20. The number of halogens is 2. The molecule has 0 unspecified atom stereocenters. The third-order valence-corrected chi connectivity index (χ3v) is 2.13. The van der Waals surface area contributed by atoms with Crippen molar-refractivity contribution in [2.75, 3.05) is 5.32 Å². The number of nitrogens with two attached hydrogens (primary N) is 1. The molecule has 0 aliphatic carbocycles. The number of anilines is 1. The van der Waals surface area contributed by atoms with E-state index in [0.29, 0.717) is 10.2 Å². The normalized spacial score (nSPS) is 9.77. The van der Waals surface area contributed by atoms with Crippen LogP contribution in [0.2, 0.25) is 0 Å². The Balaban J connectivity index is 3.08. The lowest BCUT2D eigenvalue weighted by Gasteiger charge is -2.06. The molecule has 0 radical (unpaired) electrons. The Kier molecular flexibility index (Phi) is 2.87. The first kappa shape index (κ1) is 9.98. The number of urea groups is 1. The molecule has 3 nitrogen and oxygen atoms in total. The molecule has 0 atom stereocenters. The largest absolute Gasteiger partial charge is 0.351 e. The summed E-state index contributed by atoms with van der Waals surface area (Å²) in [5.74, 6) is -0.436. The quantitative estimate of drug-likeness (QED) is 0.786. The number of amides is 2. The van der Waals surface area contributed by atoms with Crippen LogP contribution in [0.1, 0.15) is 5.56 Å². The molecule has 1 aromatic rings. The van der Waals surface area contributed by atoms with Gasteiger partial charge in [0.05, 0.1) is 4.47 Å². The second-order valence-electron chi connectivity index (χ2n) is 2.57. The number of carbonyl (C=O) groups excluding carboxylic acids is 1. The van der Waals surface area contributed by atoms with E-state index < -0.39 is 11.8 Å². The standard InChI is InChI=1S/C8H8BrFN2O/c1-4-2-5(9)6(10)3-7(4)12-8(11)13/h2-3H,1H3,(H3,11,12,13). The van der Waals surface area contributed by atoms with Gasteiger partial charge in [0.25, 0.3) is 0 Å². The zero-order chi connectivity index (χ0) is 10.0. The minimum absolute atomic E-state index is 0.361. The molecule has 0 saturated heterocycles. The molecule has 0 aliphatic rings. The van der Waals surface area contributed by atoms with Crippen molar-refractivity contribution in [2.45, 2.75) is 6.92 Å². The van der Waals surface area contributed by atoms with Crippen LogP contribution in [0.15, 0.2) is 16.6 Å². The van der Waals surface area contributed by atoms with Crippen molar-refractivity contribution in [1.82, 2.24) is 0 Å². The Hall–Kier alpha value is -1.10. The summed E-state index contributed by atoms with van der Waals surface area (Å²) in [5.41, 5.74) is 6.02. The summed E-state index contributed by atoms with van der Waals surface area (Å²) in [7, 11) is 0. The Bertz CT molecular complexity index is 354. The van der Waals surface area contributed by atoms with Crippen LogP contribution in [0.5, 0.6) is 0 Å². The lowest BCUT2D eigenvalue weighted by molar-refractivity contribution is 0.259. The molecule has 3 N–H and O–H groups in total. The molecule has 0 heterocycles. The van der Waals surface area contributed by atoms with Gasteiger partial charge in [-0.3, -0.25) is 0 Å². The number of hydrogen-bond acceptors (Lipinski definition) is 1. The van der Waals surface area contributed by atoms with Crippen molar-refractivity contribution >= 4 is 27.6 Å². The first-order valence-electron chi connectivity index (χ1n) is 3.53. The van der Waals surface area contributed by atoms with Crippen molar-refractivity contribution in [3.05, 3.63) is 28.0 Å². The summed E-state index contributed by atoms with van der Waals surface area (Å²) >= 11 is 3.03. The molecule has 0 spiro atoms.